The molecule has 0 amide bonds. The molecule has 1 aromatic heterocycles. The van der Waals surface area contributed by atoms with Crippen molar-refractivity contribution in [2.45, 2.75) is 66.8 Å². The number of pyridine rings is 1. The van der Waals surface area contributed by atoms with Crippen molar-refractivity contribution in [2.24, 2.45) is 4.99 Å². The van der Waals surface area contributed by atoms with E-state index in [2.05, 4.69) is 123 Å². The van der Waals surface area contributed by atoms with Gasteiger partial charge >= 0.3 is 0 Å². The van der Waals surface area contributed by atoms with E-state index >= 15 is 0 Å². The standard InChI is InChI=1S/C33H41N2/c1-6-26(2)21-27(3)23-34-19-7-9-30-11-15-32(16-12-30)33-17-13-31(14-18-33)10-8-20-35-24-28(4)22-29(5)25-35/h6,11-18,21-25H,7-10,19-20H2,1-5H3/q+1/b26-6-,27-21-,34-23+. The molecule has 0 spiro atoms. The first kappa shape index (κ1) is 26.3. The number of benzene rings is 2. The lowest BCUT2D eigenvalue weighted by atomic mass is 10.00. The van der Waals surface area contributed by atoms with Crippen LogP contribution in [0.15, 0.2) is 95.3 Å². The van der Waals surface area contributed by atoms with Crippen LogP contribution in [-0.2, 0) is 19.4 Å². The number of nitrogens with zero attached hydrogens (tertiary/aromatic N) is 2. The number of hydrogen-bond acceptors (Lipinski definition) is 1. The van der Waals surface area contributed by atoms with E-state index in [9.17, 15) is 0 Å². The lowest BCUT2D eigenvalue weighted by molar-refractivity contribution is -0.697. The Bertz CT molecular complexity index is 1140. The third-order valence-electron chi connectivity index (χ3n) is 6.28. The van der Waals surface area contributed by atoms with Gasteiger partial charge in [0, 0.05) is 30.3 Å². The van der Waals surface area contributed by atoms with Crippen LogP contribution in [0, 0.1) is 13.8 Å². The van der Waals surface area contributed by atoms with Crippen molar-refractivity contribution in [2.75, 3.05) is 6.54 Å². The van der Waals surface area contributed by atoms with E-state index in [1.165, 1.54) is 44.5 Å². The summed E-state index contributed by atoms with van der Waals surface area (Å²) in [5, 5.41) is 0. The van der Waals surface area contributed by atoms with Gasteiger partial charge < -0.3 is 0 Å². The predicted octanol–water partition coefficient (Wildman–Crippen LogP) is 7.81. The molecule has 0 saturated carbocycles. The second-order valence-corrected chi connectivity index (χ2v) is 9.69. The van der Waals surface area contributed by atoms with Gasteiger partial charge in [-0.1, -0.05) is 66.3 Å². The summed E-state index contributed by atoms with van der Waals surface area (Å²) >= 11 is 0. The Morgan fingerprint density at radius 1 is 0.771 bits per heavy atom. The zero-order valence-electron chi connectivity index (χ0n) is 22.2. The lowest BCUT2D eigenvalue weighted by Gasteiger charge is -2.06. The summed E-state index contributed by atoms with van der Waals surface area (Å²) in [5.74, 6) is 0. The molecule has 0 radical (unpaired) electrons. The van der Waals surface area contributed by atoms with Crippen molar-refractivity contribution in [1.82, 2.24) is 0 Å². The fourth-order valence-corrected chi connectivity index (χ4v) is 4.38. The van der Waals surface area contributed by atoms with E-state index in [1.54, 1.807) is 0 Å². The highest BCUT2D eigenvalue weighted by molar-refractivity contribution is 5.78. The molecule has 182 valence electrons. The van der Waals surface area contributed by atoms with Crippen LogP contribution in [0.3, 0.4) is 0 Å². The van der Waals surface area contributed by atoms with E-state index in [0.717, 1.165) is 38.8 Å². The first-order valence-corrected chi connectivity index (χ1v) is 12.9. The Morgan fingerprint density at radius 2 is 1.31 bits per heavy atom. The van der Waals surface area contributed by atoms with E-state index in [-0.39, 0.29) is 0 Å². The van der Waals surface area contributed by atoms with Gasteiger partial charge in [0.25, 0.3) is 0 Å². The summed E-state index contributed by atoms with van der Waals surface area (Å²) in [6.07, 6.45) is 15.1. The Morgan fingerprint density at radius 3 is 1.86 bits per heavy atom. The highest BCUT2D eigenvalue weighted by atomic mass is 14.9. The highest BCUT2D eigenvalue weighted by Gasteiger charge is 2.04. The Hall–Kier alpha value is -3.26. The van der Waals surface area contributed by atoms with Crippen molar-refractivity contribution in [3.05, 3.63) is 113 Å². The van der Waals surface area contributed by atoms with Crippen molar-refractivity contribution >= 4 is 6.21 Å². The zero-order valence-corrected chi connectivity index (χ0v) is 22.2. The molecule has 0 N–H and O–H groups in total. The fraction of sp³-hybridized carbons (Fsp3) is 0.333. The monoisotopic (exact) mass is 465 g/mol. The van der Waals surface area contributed by atoms with Gasteiger partial charge in [0.05, 0.1) is 0 Å². The number of hydrogen-bond donors (Lipinski definition) is 0. The van der Waals surface area contributed by atoms with Crippen molar-refractivity contribution in [3.8, 4) is 11.1 Å². The molecule has 0 bridgehead atoms. The fourth-order valence-electron chi connectivity index (χ4n) is 4.38. The highest BCUT2D eigenvalue weighted by Crippen LogP contribution is 2.21. The molecule has 2 aromatic carbocycles. The predicted molar refractivity (Wildman–Crippen MR) is 151 cm³/mol. The van der Waals surface area contributed by atoms with Crippen LogP contribution >= 0.6 is 0 Å². The number of allylic oxidation sites excluding steroid dienone is 4. The van der Waals surface area contributed by atoms with Crippen LogP contribution in [0.2, 0.25) is 0 Å². The van der Waals surface area contributed by atoms with Crippen LogP contribution in [0.25, 0.3) is 11.1 Å². The Balaban J connectivity index is 1.44. The van der Waals surface area contributed by atoms with E-state index in [1.807, 2.05) is 6.21 Å². The molecule has 3 aromatic rings. The second-order valence-electron chi connectivity index (χ2n) is 9.69. The zero-order chi connectivity index (χ0) is 25.0. The molecular formula is C33H41N2+. The molecule has 0 aliphatic heterocycles. The smallest absolute Gasteiger partial charge is 0.171 e. The largest absolute Gasteiger partial charge is 0.293 e. The summed E-state index contributed by atoms with van der Waals surface area (Å²) in [5.41, 5.74) is 10.5. The van der Waals surface area contributed by atoms with Crippen LogP contribution in [0.1, 0.15) is 55.9 Å². The molecule has 0 aliphatic carbocycles. The average molecular weight is 466 g/mol. The van der Waals surface area contributed by atoms with Gasteiger partial charge in [-0.15, -0.1) is 0 Å². The van der Waals surface area contributed by atoms with Gasteiger partial charge in [-0.3, -0.25) is 4.99 Å². The summed E-state index contributed by atoms with van der Waals surface area (Å²) in [6.45, 7) is 12.5. The third-order valence-corrected chi connectivity index (χ3v) is 6.28. The molecule has 0 atom stereocenters. The topological polar surface area (TPSA) is 16.2 Å². The normalized spacial score (nSPS) is 12.5. The number of rotatable bonds is 11. The van der Waals surface area contributed by atoms with Crippen LogP contribution in [-0.4, -0.2) is 12.8 Å². The SMILES string of the molecule is C\C=C(C)/C=C(C)\C=N\CCCc1ccc(-c2ccc(CCC[n+]3cc(C)cc(C)c3)cc2)cc1. The molecule has 2 nitrogen and oxygen atoms in total. The van der Waals surface area contributed by atoms with Gasteiger partial charge in [-0.25, -0.2) is 4.57 Å². The van der Waals surface area contributed by atoms with Crippen LogP contribution in [0.5, 0.6) is 0 Å². The van der Waals surface area contributed by atoms with Gasteiger partial charge in [-0.2, -0.15) is 0 Å². The van der Waals surface area contributed by atoms with Crippen molar-refractivity contribution < 1.29 is 4.57 Å². The van der Waals surface area contributed by atoms with E-state index in [4.69, 9.17) is 0 Å². The van der Waals surface area contributed by atoms with Gasteiger partial charge in [0.1, 0.15) is 6.54 Å². The lowest BCUT2D eigenvalue weighted by Crippen LogP contribution is -2.33. The van der Waals surface area contributed by atoms with Crippen molar-refractivity contribution in [3.63, 3.8) is 0 Å². The quantitative estimate of drug-likeness (QED) is 0.119. The van der Waals surface area contributed by atoms with Gasteiger partial charge in [0.2, 0.25) is 0 Å². The summed E-state index contributed by atoms with van der Waals surface area (Å²) in [7, 11) is 0. The minimum absolute atomic E-state index is 0.866. The molecule has 3 rings (SSSR count). The first-order chi connectivity index (χ1) is 16.9. The molecular weight excluding hydrogens is 424 g/mol. The van der Waals surface area contributed by atoms with Crippen LogP contribution < -0.4 is 4.57 Å². The molecule has 35 heavy (non-hydrogen) atoms. The molecule has 0 unspecified atom stereocenters. The van der Waals surface area contributed by atoms with E-state index in [0.29, 0.717) is 0 Å². The minimum atomic E-state index is 0.866. The maximum absolute atomic E-state index is 4.57. The molecule has 0 aliphatic rings. The number of aliphatic imine (C=N–C) groups is 1. The van der Waals surface area contributed by atoms with Crippen molar-refractivity contribution in [1.29, 1.82) is 0 Å². The van der Waals surface area contributed by atoms with Gasteiger partial charge in [-0.05, 0) is 87.8 Å². The summed E-state index contributed by atoms with van der Waals surface area (Å²) in [6, 6.07) is 20.3. The first-order valence-electron chi connectivity index (χ1n) is 12.9. The molecule has 0 saturated heterocycles. The number of aryl methyl sites for hydroxylation is 5. The maximum atomic E-state index is 4.57. The van der Waals surface area contributed by atoms with Gasteiger partial charge in [0.15, 0.2) is 12.4 Å². The molecule has 2 heteroatoms. The average Bonchev–Trinajstić information content (AvgIpc) is 2.84. The summed E-state index contributed by atoms with van der Waals surface area (Å²) < 4.78 is 2.32. The molecule has 0 fully saturated rings. The van der Waals surface area contributed by atoms with E-state index < -0.39 is 0 Å². The van der Waals surface area contributed by atoms with Crippen LogP contribution in [0.4, 0.5) is 0 Å². The maximum Gasteiger partial charge on any atom is 0.171 e. The Kier molecular flexibility index (Phi) is 10.2. The molecule has 1 heterocycles. The number of aromatic nitrogens is 1. The second kappa shape index (κ2) is 13.6. The minimum Gasteiger partial charge on any atom is -0.293 e. The summed E-state index contributed by atoms with van der Waals surface area (Å²) in [4.78, 5) is 4.57. The Labute approximate surface area is 212 Å². The third kappa shape index (κ3) is 9.13.